The summed E-state index contributed by atoms with van der Waals surface area (Å²) < 4.78 is 12.6. The molecule has 1 N–H and O–H groups in total. The number of nitrogens with zero attached hydrogens (tertiary/aromatic N) is 2. The SMILES string of the molecule is COc1ccc(OC)c(C(C)NC(=O)CSc2nccn2-c2cccc(Cl)c2)c1. The van der Waals surface area contributed by atoms with Crippen molar-refractivity contribution < 1.29 is 14.3 Å². The number of amides is 1. The zero-order valence-corrected chi connectivity index (χ0v) is 18.0. The number of hydrogen-bond acceptors (Lipinski definition) is 5. The molecule has 6 nitrogen and oxygen atoms in total. The minimum Gasteiger partial charge on any atom is -0.497 e. The molecule has 29 heavy (non-hydrogen) atoms. The van der Waals surface area contributed by atoms with Crippen molar-refractivity contribution in [3.05, 3.63) is 65.4 Å². The van der Waals surface area contributed by atoms with Gasteiger partial charge in [0.2, 0.25) is 5.91 Å². The molecule has 0 saturated carbocycles. The lowest BCUT2D eigenvalue weighted by Crippen LogP contribution is -2.28. The highest BCUT2D eigenvalue weighted by Gasteiger charge is 2.16. The lowest BCUT2D eigenvalue weighted by Gasteiger charge is -2.18. The maximum atomic E-state index is 12.5. The summed E-state index contributed by atoms with van der Waals surface area (Å²) in [5, 5.41) is 4.36. The van der Waals surface area contributed by atoms with E-state index in [-0.39, 0.29) is 17.7 Å². The van der Waals surface area contributed by atoms with E-state index < -0.39 is 0 Å². The monoisotopic (exact) mass is 431 g/mol. The van der Waals surface area contributed by atoms with Crippen molar-refractivity contribution in [2.24, 2.45) is 0 Å². The fraction of sp³-hybridized carbons (Fsp3) is 0.238. The first-order valence-corrected chi connectivity index (χ1v) is 10.3. The second-order valence-electron chi connectivity index (χ2n) is 6.25. The van der Waals surface area contributed by atoms with E-state index in [2.05, 4.69) is 10.3 Å². The number of carbonyl (C=O) groups excluding carboxylic acids is 1. The van der Waals surface area contributed by atoms with Crippen LogP contribution >= 0.6 is 23.4 Å². The predicted molar refractivity (Wildman–Crippen MR) is 115 cm³/mol. The molecule has 0 fully saturated rings. The number of imidazole rings is 1. The van der Waals surface area contributed by atoms with Gasteiger partial charge in [-0.15, -0.1) is 0 Å². The molecule has 1 aromatic heterocycles. The molecule has 0 spiro atoms. The number of methoxy groups -OCH3 is 2. The Kier molecular flexibility index (Phi) is 7.06. The lowest BCUT2D eigenvalue weighted by atomic mass is 10.1. The first-order valence-electron chi connectivity index (χ1n) is 8.95. The summed E-state index contributed by atoms with van der Waals surface area (Å²) in [5.41, 5.74) is 1.75. The van der Waals surface area contributed by atoms with Gasteiger partial charge in [-0.1, -0.05) is 29.4 Å². The van der Waals surface area contributed by atoms with Crippen LogP contribution in [0.1, 0.15) is 18.5 Å². The minimum atomic E-state index is -0.235. The molecule has 0 saturated heterocycles. The fourth-order valence-corrected chi connectivity index (χ4v) is 3.86. The number of aromatic nitrogens is 2. The predicted octanol–water partition coefficient (Wildman–Crippen LogP) is 4.51. The highest BCUT2D eigenvalue weighted by atomic mass is 35.5. The molecule has 3 rings (SSSR count). The average molecular weight is 432 g/mol. The Labute approximate surface area is 179 Å². The van der Waals surface area contributed by atoms with Crippen molar-refractivity contribution in [3.8, 4) is 17.2 Å². The molecule has 0 aliphatic rings. The molecule has 3 aromatic rings. The van der Waals surface area contributed by atoms with Gasteiger partial charge in [0, 0.05) is 28.7 Å². The number of nitrogens with one attached hydrogen (secondary N) is 1. The van der Waals surface area contributed by atoms with E-state index in [1.807, 2.05) is 60.2 Å². The Morgan fingerprint density at radius 2 is 2.07 bits per heavy atom. The summed E-state index contributed by atoms with van der Waals surface area (Å²) >= 11 is 7.44. The maximum Gasteiger partial charge on any atom is 0.230 e. The molecule has 2 aromatic carbocycles. The summed E-state index contributed by atoms with van der Waals surface area (Å²) in [5.74, 6) is 1.53. The molecule has 1 heterocycles. The quantitative estimate of drug-likeness (QED) is 0.531. The van der Waals surface area contributed by atoms with E-state index in [1.165, 1.54) is 11.8 Å². The van der Waals surface area contributed by atoms with Crippen LogP contribution in [0.4, 0.5) is 0 Å². The number of benzene rings is 2. The van der Waals surface area contributed by atoms with Crippen LogP contribution in [0.3, 0.4) is 0 Å². The van der Waals surface area contributed by atoms with Crippen LogP contribution in [0.15, 0.2) is 60.0 Å². The van der Waals surface area contributed by atoms with Crippen molar-refractivity contribution in [2.45, 2.75) is 18.1 Å². The zero-order chi connectivity index (χ0) is 20.8. The summed E-state index contributed by atoms with van der Waals surface area (Å²) in [6, 6.07) is 12.8. The van der Waals surface area contributed by atoms with Gasteiger partial charge in [-0.2, -0.15) is 0 Å². The normalized spacial score (nSPS) is 11.7. The third kappa shape index (κ3) is 5.25. The van der Waals surface area contributed by atoms with E-state index in [4.69, 9.17) is 21.1 Å². The molecule has 0 aliphatic heterocycles. The summed E-state index contributed by atoms with van der Waals surface area (Å²) in [4.78, 5) is 16.9. The van der Waals surface area contributed by atoms with Crippen molar-refractivity contribution >= 4 is 29.3 Å². The van der Waals surface area contributed by atoms with Gasteiger partial charge in [0.05, 0.1) is 26.0 Å². The average Bonchev–Trinajstić information content (AvgIpc) is 3.20. The van der Waals surface area contributed by atoms with Crippen LogP contribution in [-0.2, 0) is 4.79 Å². The minimum absolute atomic E-state index is 0.104. The number of halogens is 1. The van der Waals surface area contributed by atoms with Crippen molar-refractivity contribution in [3.63, 3.8) is 0 Å². The van der Waals surface area contributed by atoms with Crippen LogP contribution in [0, 0.1) is 0 Å². The smallest absolute Gasteiger partial charge is 0.230 e. The van der Waals surface area contributed by atoms with Crippen LogP contribution < -0.4 is 14.8 Å². The van der Waals surface area contributed by atoms with Gasteiger partial charge in [-0.05, 0) is 43.3 Å². The first kappa shape index (κ1) is 21.1. The molecule has 1 atom stereocenters. The molecule has 0 aliphatic carbocycles. The van der Waals surface area contributed by atoms with Gasteiger partial charge in [-0.25, -0.2) is 4.98 Å². The number of carbonyl (C=O) groups is 1. The molecular formula is C21H22ClN3O3S. The number of ether oxygens (including phenoxy) is 2. The molecule has 1 amide bonds. The van der Waals surface area contributed by atoms with E-state index in [0.717, 1.165) is 11.3 Å². The van der Waals surface area contributed by atoms with E-state index in [0.29, 0.717) is 21.7 Å². The molecule has 0 radical (unpaired) electrons. The van der Waals surface area contributed by atoms with Crippen molar-refractivity contribution in [1.29, 1.82) is 0 Å². The Hall–Kier alpha value is -2.64. The number of thioether (sulfide) groups is 1. The Balaban J connectivity index is 1.65. The van der Waals surface area contributed by atoms with Gasteiger partial charge in [0.25, 0.3) is 0 Å². The van der Waals surface area contributed by atoms with Gasteiger partial charge < -0.3 is 14.8 Å². The second kappa shape index (κ2) is 9.71. The largest absolute Gasteiger partial charge is 0.497 e. The first-order chi connectivity index (χ1) is 14.0. The van der Waals surface area contributed by atoms with Crippen LogP contribution in [0.25, 0.3) is 5.69 Å². The zero-order valence-electron chi connectivity index (χ0n) is 16.4. The van der Waals surface area contributed by atoms with E-state index in [9.17, 15) is 4.79 Å². The van der Waals surface area contributed by atoms with E-state index in [1.54, 1.807) is 20.4 Å². The lowest BCUT2D eigenvalue weighted by molar-refractivity contribution is -0.119. The van der Waals surface area contributed by atoms with Crippen LogP contribution in [-0.4, -0.2) is 35.4 Å². The van der Waals surface area contributed by atoms with Crippen LogP contribution in [0.5, 0.6) is 11.5 Å². The van der Waals surface area contributed by atoms with E-state index >= 15 is 0 Å². The van der Waals surface area contributed by atoms with Crippen molar-refractivity contribution in [1.82, 2.24) is 14.9 Å². The molecular weight excluding hydrogens is 410 g/mol. The van der Waals surface area contributed by atoms with Gasteiger partial charge in [0.1, 0.15) is 11.5 Å². The Bertz CT molecular complexity index is 993. The second-order valence-corrected chi connectivity index (χ2v) is 7.62. The summed E-state index contributed by atoms with van der Waals surface area (Å²) in [6.45, 7) is 1.91. The van der Waals surface area contributed by atoms with Gasteiger partial charge in [-0.3, -0.25) is 9.36 Å². The Morgan fingerprint density at radius 1 is 1.24 bits per heavy atom. The Morgan fingerprint density at radius 3 is 2.79 bits per heavy atom. The topological polar surface area (TPSA) is 65.4 Å². The van der Waals surface area contributed by atoms with Crippen LogP contribution in [0.2, 0.25) is 5.02 Å². The number of hydrogen-bond donors (Lipinski definition) is 1. The van der Waals surface area contributed by atoms with Crippen molar-refractivity contribution in [2.75, 3.05) is 20.0 Å². The van der Waals surface area contributed by atoms with Gasteiger partial charge >= 0.3 is 0 Å². The highest BCUT2D eigenvalue weighted by Crippen LogP contribution is 2.29. The third-order valence-corrected chi connectivity index (χ3v) is 5.51. The maximum absolute atomic E-state index is 12.5. The summed E-state index contributed by atoms with van der Waals surface area (Å²) in [6.07, 6.45) is 3.54. The summed E-state index contributed by atoms with van der Waals surface area (Å²) in [7, 11) is 3.21. The number of rotatable bonds is 8. The standard InChI is InChI=1S/C21H22ClN3O3S/c1-14(18-12-17(27-2)7-8-19(18)28-3)24-20(26)13-29-21-23-9-10-25(21)16-6-4-5-15(22)11-16/h4-12,14H,13H2,1-3H3,(H,24,26). The fourth-order valence-electron chi connectivity index (χ4n) is 2.89. The highest BCUT2D eigenvalue weighted by molar-refractivity contribution is 7.99. The molecule has 8 heteroatoms. The molecule has 0 bridgehead atoms. The molecule has 152 valence electrons. The third-order valence-electron chi connectivity index (χ3n) is 4.31. The molecule has 1 unspecified atom stereocenters. The van der Waals surface area contributed by atoms with Gasteiger partial charge in [0.15, 0.2) is 5.16 Å².